The van der Waals surface area contributed by atoms with Crippen LogP contribution in [0.2, 0.25) is 0 Å². The van der Waals surface area contributed by atoms with Gasteiger partial charge in [-0.25, -0.2) is 0 Å². The van der Waals surface area contributed by atoms with Crippen LogP contribution in [0.25, 0.3) is 0 Å². The maximum absolute atomic E-state index is 8.69. The second kappa shape index (κ2) is 12.7. The van der Waals surface area contributed by atoms with Gasteiger partial charge in [0.15, 0.2) is 0 Å². The monoisotopic (exact) mass is 294 g/mol. The first-order valence-electron chi connectivity index (χ1n) is 8.27. The second-order valence-electron chi connectivity index (χ2n) is 5.39. The van der Waals surface area contributed by atoms with Crippen LogP contribution < -0.4 is 4.74 Å². The van der Waals surface area contributed by atoms with Gasteiger partial charge in [-0.2, -0.15) is 0 Å². The molecule has 21 heavy (non-hydrogen) atoms. The van der Waals surface area contributed by atoms with Gasteiger partial charge in [0.25, 0.3) is 0 Å². The van der Waals surface area contributed by atoms with Crippen molar-refractivity contribution in [2.45, 2.75) is 58.5 Å². The molecule has 0 saturated heterocycles. The summed E-state index contributed by atoms with van der Waals surface area (Å²) in [6, 6.07) is 8.08. The van der Waals surface area contributed by atoms with Crippen molar-refractivity contribution in [1.29, 1.82) is 0 Å². The first-order chi connectivity index (χ1) is 10.4. The van der Waals surface area contributed by atoms with Gasteiger partial charge in [-0.3, -0.25) is 0 Å². The summed E-state index contributed by atoms with van der Waals surface area (Å²) in [5.41, 5.74) is 1.19. The molecular weight excluding hydrogens is 264 g/mol. The summed E-state index contributed by atoms with van der Waals surface area (Å²) in [7, 11) is 0. The van der Waals surface area contributed by atoms with Crippen LogP contribution >= 0.6 is 0 Å². The molecule has 0 aliphatic carbocycles. The first-order valence-corrected chi connectivity index (χ1v) is 8.27. The molecule has 0 spiro atoms. The van der Waals surface area contributed by atoms with Crippen molar-refractivity contribution in [1.82, 2.24) is 0 Å². The van der Waals surface area contributed by atoms with E-state index in [4.69, 9.17) is 14.6 Å². The highest BCUT2D eigenvalue weighted by atomic mass is 16.5. The number of hydrogen-bond acceptors (Lipinski definition) is 3. The van der Waals surface area contributed by atoms with Gasteiger partial charge in [-0.1, -0.05) is 44.7 Å². The number of aliphatic hydroxyl groups is 1. The molecule has 3 heteroatoms. The van der Waals surface area contributed by atoms with Crippen molar-refractivity contribution >= 4 is 0 Å². The highest BCUT2D eigenvalue weighted by molar-refractivity contribution is 5.26. The molecule has 0 bridgehead atoms. The zero-order valence-electron chi connectivity index (χ0n) is 13.4. The zero-order valence-corrected chi connectivity index (χ0v) is 13.4. The summed E-state index contributed by atoms with van der Waals surface area (Å²) < 4.78 is 11.3. The number of aliphatic hydroxyl groups excluding tert-OH is 1. The van der Waals surface area contributed by atoms with Crippen molar-refractivity contribution in [2.24, 2.45) is 0 Å². The Morgan fingerprint density at radius 3 is 2.29 bits per heavy atom. The Hall–Kier alpha value is -1.06. The fraction of sp³-hybridized carbons (Fsp3) is 0.667. The van der Waals surface area contributed by atoms with Crippen molar-refractivity contribution in [3.05, 3.63) is 29.8 Å². The van der Waals surface area contributed by atoms with E-state index >= 15 is 0 Å². The molecule has 120 valence electrons. The number of rotatable bonds is 13. The average Bonchev–Trinajstić information content (AvgIpc) is 2.52. The number of hydrogen-bond donors (Lipinski definition) is 1. The molecule has 0 aliphatic rings. The van der Waals surface area contributed by atoms with E-state index in [0.29, 0.717) is 13.2 Å². The minimum absolute atomic E-state index is 0.234. The maximum atomic E-state index is 8.69. The molecule has 1 rings (SSSR count). The number of unbranched alkanes of at least 4 members (excludes halogenated alkanes) is 5. The van der Waals surface area contributed by atoms with Gasteiger partial charge in [0, 0.05) is 13.2 Å². The molecule has 0 aliphatic heterocycles. The summed E-state index contributed by atoms with van der Waals surface area (Å²) in [6.07, 6.45) is 8.06. The molecule has 0 aromatic heterocycles. The SMILES string of the molecule is CCCCCCCOCc1ccc(OCCCCO)cc1. The van der Waals surface area contributed by atoms with Crippen LogP contribution in [0.4, 0.5) is 0 Å². The molecule has 0 atom stereocenters. The Morgan fingerprint density at radius 2 is 1.57 bits per heavy atom. The van der Waals surface area contributed by atoms with Gasteiger partial charge in [-0.15, -0.1) is 0 Å². The van der Waals surface area contributed by atoms with E-state index in [1.54, 1.807) is 0 Å². The van der Waals surface area contributed by atoms with E-state index in [9.17, 15) is 0 Å². The second-order valence-corrected chi connectivity index (χ2v) is 5.39. The third-order valence-electron chi connectivity index (χ3n) is 3.41. The van der Waals surface area contributed by atoms with Crippen LogP contribution in [0.15, 0.2) is 24.3 Å². The van der Waals surface area contributed by atoms with Crippen LogP contribution in [0.1, 0.15) is 57.4 Å². The maximum Gasteiger partial charge on any atom is 0.119 e. The Morgan fingerprint density at radius 1 is 0.857 bits per heavy atom. The molecule has 0 saturated carbocycles. The van der Waals surface area contributed by atoms with Crippen molar-refractivity contribution in [3.63, 3.8) is 0 Å². The lowest BCUT2D eigenvalue weighted by Crippen LogP contribution is -1.99. The van der Waals surface area contributed by atoms with E-state index < -0.39 is 0 Å². The topological polar surface area (TPSA) is 38.7 Å². The smallest absolute Gasteiger partial charge is 0.119 e. The summed E-state index contributed by atoms with van der Waals surface area (Å²) in [4.78, 5) is 0. The predicted molar refractivity (Wildman–Crippen MR) is 86.7 cm³/mol. The summed E-state index contributed by atoms with van der Waals surface area (Å²) in [5.74, 6) is 0.885. The molecule has 0 fully saturated rings. The highest BCUT2D eigenvalue weighted by Gasteiger charge is 1.97. The lowest BCUT2D eigenvalue weighted by Gasteiger charge is -2.07. The largest absolute Gasteiger partial charge is 0.494 e. The summed E-state index contributed by atoms with van der Waals surface area (Å²) >= 11 is 0. The van der Waals surface area contributed by atoms with Gasteiger partial charge in [-0.05, 0) is 37.0 Å². The normalized spacial score (nSPS) is 10.8. The van der Waals surface area contributed by atoms with Crippen LogP contribution in [-0.4, -0.2) is 24.9 Å². The summed E-state index contributed by atoms with van der Waals surface area (Å²) in [5, 5.41) is 8.69. The van der Waals surface area contributed by atoms with E-state index in [1.807, 2.05) is 12.1 Å². The van der Waals surface area contributed by atoms with Crippen molar-refractivity contribution in [2.75, 3.05) is 19.8 Å². The average molecular weight is 294 g/mol. The van der Waals surface area contributed by atoms with Gasteiger partial charge < -0.3 is 14.6 Å². The first kappa shape index (κ1) is 18.0. The Kier molecular flexibility index (Phi) is 10.8. The van der Waals surface area contributed by atoms with Crippen LogP contribution in [0, 0.1) is 0 Å². The van der Waals surface area contributed by atoms with E-state index in [1.165, 1.54) is 31.2 Å². The standard InChI is InChI=1S/C18H30O3/c1-2-3-4-5-7-14-20-16-17-9-11-18(12-10-17)21-15-8-6-13-19/h9-12,19H,2-8,13-16H2,1H3. The minimum Gasteiger partial charge on any atom is -0.494 e. The van der Waals surface area contributed by atoms with Gasteiger partial charge >= 0.3 is 0 Å². The quantitative estimate of drug-likeness (QED) is 0.550. The Labute approximate surface area is 129 Å². The molecule has 0 radical (unpaired) electrons. The lowest BCUT2D eigenvalue weighted by molar-refractivity contribution is 0.116. The van der Waals surface area contributed by atoms with E-state index in [2.05, 4.69) is 19.1 Å². The zero-order chi connectivity index (χ0) is 15.2. The predicted octanol–water partition coefficient (Wildman–Crippen LogP) is 4.32. The lowest BCUT2D eigenvalue weighted by atomic mass is 10.2. The molecule has 3 nitrogen and oxygen atoms in total. The van der Waals surface area contributed by atoms with Crippen LogP contribution in [-0.2, 0) is 11.3 Å². The molecular formula is C18H30O3. The van der Waals surface area contributed by atoms with E-state index in [0.717, 1.165) is 31.6 Å². The molecule has 0 unspecified atom stereocenters. The van der Waals surface area contributed by atoms with Crippen molar-refractivity contribution in [3.8, 4) is 5.75 Å². The third-order valence-corrected chi connectivity index (χ3v) is 3.41. The van der Waals surface area contributed by atoms with Gasteiger partial charge in [0.05, 0.1) is 13.2 Å². The van der Waals surface area contributed by atoms with Gasteiger partial charge in [0.2, 0.25) is 0 Å². The van der Waals surface area contributed by atoms with Gasteiger partial charge in [0.1, 0.15) is 5.75 Å². The third kappa shape index (κ3) is 9.48. The Bertz CT molecular complexity index is 335. The molecule has 0 heterocycles. The number of ether oxygens (including phenoxy) is 2. The van der Waals surface area contributed by atoms with Crippen LogP contribution in [0.3, 0.4) is 0 Å². The van der Waals surface area contributed by atoms with E-state index in [-0.39, 0.29) is 6.61 Å². The number of benzene rings is 1. The molecule has 1 N–H and O–H groups in total. The summed E-state index contributed by atoms with van der Waals surface area (Å²) in [6.45, 7) is 4.66. The molecule has 0 amide bonds. The fourth-order valence-corrected chi connectivity index (χ4v) is 2.08. The van der Waals surface area contributed by atoms with Crippen LogP contribution in [0.5, 0.6) is 5.75 Å². The molecule has 1 aromatic carbocycles. The Balaban J connectivity index is 2.07. The fourth-order valence-electron chi connectivity index (χ4n) is 2.08. The molecule has 1 aromatic rings. The minimum atomic E-state index is 0.234. The highest BCUT2D eigenvalue weighted by Crippen LogP contribution is 2.13. The van der Waals surface area contributed by atoms with Crippen molar-refractivity contribution < 1.29 is 14.6 Å².